The van der Waals surface area contributed by atoms with Crippen molar-refractivity contribution in [3.8, 4) is 5.75 Å². The lowest BCUT2D eigenvalue weighted by molar-refractivity contribution is -0.136. The third-order valence-electron chi connectivity index (χ3n) is 3.96. The first-order chi connectivity index (χ1) is 14.0. The van der Waals surface area contributed by atoms with Gasteiger partial charge in [0.15, 0.2) is 0 Å². The van der Waals surface area contributed by atoms with Crippen LogP contribution in [-0.4, -0.2) is 24.7 Å². The van der Waals surface area contributed by atoms with Crippen molar-refractivity contribution in [2.75, 3.05) is 12.4 Å². The zero-order valence-corrected chi connectivity index (χ0v) is 17.0. The second-order valence-electron chi connectivity index (χ2n) is 5.94. The molecular formula is C21H17ClN2O4S. The van der Waals surface area contributed by atoms with Crippen molar-refractivity contribution in [2.45, 2.75) is 6.54 Å². The number of hydrogen-bond donors (Lipinski definition) is 2. The van der Waals surface area contributed by atoms with Gasteiger partial charge >= 0.3 is 11.8 Å². The van der Waals surface area contributed by atoms with Gasteiger partial charge in [0.2, 0.25) is 5.78 Å². The van der Waals surface area contributed by atoms with Crippen molar-refractivity contribution >= 4 is 46.2 Å². The molecule has 2 amide bonds. The van der Waals surface area contributed by atoms with Gasteiger partial charge in [-0.2, -0.15) is 0 Å². The van der Waals surface area contributed by atoms with Crippen molar-refractivity contribution in [3.05, 3.63) is 81.0 Å². The summed E-state index contributed by atoms with van der Waals surface area (Å²) in [6, 6.07) is 17.1. The number of benzene rings is 2. The number of ether oxygens (including phenoxy) is 1. The Labute approximate surface area is 176 Å². The Balaban J connectivity index is 1.58. The SMILES string of the molecule is COc1ccc(Cl)cc1NC(=O)C(=O)NCc1ccc(C(=O)c2ccccc2)s1. The summed E-state index contributed by atoms with van der Waals surface area (Å²) in [6.45, 7) is 0.131. The zero-order valence-electron chi connectivity index (χ0n) is 15.4. The highest BCUT2D eigenvalue weighted by Gasteiger charge is 2.17. The summed E-state index contributed by atoms with van der Waals surface area (Å²) in [5.74, 6) is -1.35. The van der Waals surface area contributed by atoms with Crippen LogP contribution in [0.5, 0.6) is 5.75 Å². The summed E-state index contributed by atoms with van der Waals surface area (Å²) in [4.78, 5) is 38.0. The van der Waals surface area contributed by atoms with Crippen LogP contribution in [0.3, 0.4) is 0 Å². The highest BCUT2D eigenvalue weighted by molar-refractivity contribution is 7.14. The molecule has 2 N–H and O–H groups in total. The van der Waals surface area contributed by atoms with Gasteiger partial charge in [-0.3, -0.25) is 14.4 Å². The Morgan fingerprint density at radius 2 is 1.76 bits per heavy atom. The molecule has 0 aliphatic heterocycles. The van der Waals surface area contributed by atoms with Gasteiger partial charge < -0.3 is 15.4 Å². The van der Waals surface area contributed by atoms with Crippen LogP contribution in [0.15, 0.2) is 60.7 Å². The number of carbonyl (C=O) groups is 3. The van der Waals surface area contributed by atoms with E-state index in [1.165, 1.54) is 24.5 Å². The molecule has 2 aromatic carbocycles. The van der Waals surface area contributed by atoms with Crippen LogP contribution in [-0.2, 0) is 16.1 Å². The van der Waals surface area contributed by atoms with E-state index in [1.807, 2.05) is 6.07 Å². The lowest BCUT2D eigenvalue weighted by Gasteiger charge is -2.10. The van der Waals surface area contributed by atoms with Crippen molar-refractivity contribution in [3.63, 3.8) is 0 Å². The minimum Gasteiger partial charge on any atom is -0.495 e. The van der Waals surface area contributed by atoms with Crippen LogP contribution in [0.2, 0.25) is 5.02 Å². The Morgan fingerprint density at radius 1 is 1.00 bits per heavy atom. The van der Waals surface area contributed by atoms with Gasteiger partial charge in [0, 0.05) is 15.5 Å². The van der Waals surface area contributed by atoms with E-state index in [4.69, 9.17) is 16.3 Å². The van der Waals surface area contributed by atoms with Crippen LogP contribution >= 0.6 is 22.9 Å². The fraction of sp³-hybridized carbons (Fsp3) is 0.0952. The summed E-state index contributed by atoms with van der Waals surface area (Å²) in [6.07, 6.45) is 0. The fourth-order valence-corrected chi connectivity index (χ4v) is 3.61. The molecule has 0 unspecified atom stereocenters. The molecule has 0 radical (unpaired) electrons. The number of hydrogen-bond acceptors (Lipinski definition) is 5. The summed E-state index contributed by atoms with van der Waals surface area (Å²) in [5.41, 5.74) is 0.895. The normalized spacial score (nSPS) is 10.3. The van der Waals surface area contributed by atoms with Gasteiger partial charge in [-0.15, -0.1) is 11.3 Å². The van der Waals surface area contributed by atoms with Crippen molar-refractivity contribution in [1.82, 2.24) is 5.32 Å². The van der Waals surface area contributed by atoms with Crippen LogP contribution in [0.4, 0.5) is 5.69 Å². The molecule has 0 fully saturated rings. The minimum atomic E-state index is -0.845. The Bertz CT molecular complexity index is 1050. The number of anilines is 1. The Morgan fingerprint density at radius 3 is 2.48 bits per heavy atom. The molecule has 6 nitrogen and oxygen atoms in total. The molecule has 0 saturated carbocycles. The van der Waals surface area contributed by atoms with Crippen molar-refractivity contribution in [2.24, 2.45) is 0 Å². The number of ketones is 1. The largest absolute Gasteiger partial charge is 0.495 e. The van der Waals surface area contributed by atoms with E-state index >= 15 is 0 Å². The molecule has 29 heavy (non-hydrogen) atoms. The molecule has 0 aliphatic rings. The predicted octanol–water partition coefficient (Wildman–Crippen LogP) is 3.90. The fourth-order valence-electron chi connectivity index (χ4n) is 2.53. The maximum atomic E-state index is 12.4. The van der Waals surface area contributed by atoms with Gasteiger partial charge in [0.1, 0.15) is 5.75 Å². The summed E-state index contributed by atoms with van der Waals surface area (Å²) >= 11 is 7.18. The second-order valence-corrected chi connectivity index (χ2v) is 7.55. The van der Waals surface area contributed by atoms with Gasteiger partial charge in [0.25, 0.3) is 0 Å². The molecule has 1 heterocycles. The predicted molar refractivity (Wildman–Crippen MR) is 113 cm³/mol. The van der Waals surface area contributed by atoms with Crippen LogP contribution in [0.1, 0.15) is 20.1 Å². The maximum Gasteiger partial charge on any atom is 0.313 e. The number of rotatable bonds is 6. The number of nitrogens with one attached hydrogen (secondary N) is 2. The van der Waals surface area contributed by atoms with E-state index in [9.17, 15) is 14.4 Å². The molecule has 3 rings (SSSR count). The standard InChI is InChI=1S/C21H17ClN2O4S/c1-28-17-9-7-14(22)11-16(17)24-21(27)20(26)23-12-15-8-10-18(29-15)19(25)13-5-3-2-4-6-13/h2-11H,12H2,1H3,(H,23,26)(H,24,27). The van der Waals surface area contributed by atoms with Gasteiger partial charge in [-0.1, -0.05) is 41.9 Å². The van der Waals surface area contributed by atoms with E-state index in [-0.39, 0.29) is 12.3 Å². The number of amides is 2. The van der Waals surface area contributed by atoms with E-state index in [1.54, 1.807) is 48.5 Å². The second kappa shape index (κ2) is 9.36. The first kappa shape index (κ1) is 20.6. The van der Waals surface area contributed by atoms with Gasteiger partial charge in [-0.25, -0.2) is 0 Å². The van der Waals surface area contributed by atoms with Gasteiger partial charge in [0.05, 0.1) is 24.2 Å². The summed E-state index contributed by atoms with van der Waals surface area (Å²) < 4.78 is 5.14. The first-order valence-electron chi connectivity index (χ1n) is 8.59. The zero-order chi connectivity index (χ0) is 20.8. The van der Waals surface area contributed by atoms with E-state index in [0.717, 1.165) is 4.88 Å². The topological polar surface area (TPSA) is 84.5 Å². The molecule has 0 bridgehead atoms. The number of halogens is 1. The van der Waals surface area contributed by atoms with Gasteiger partial charge in [-0.05, 0) is 30.3 Å². The summed E-state index contributed by atoms with van der Waals surface area (Å²) in [7, 11) is 1.45. The molecule has 0 atom stereocenters. The minimum absolute atomic E-state index is 0.0843. The summed E-state index contributed by atoms with van der Waals surface area (Å²) in [5, 5.41) is 5.41. The average molecular weight is 429 g/mol. The lowest BCUT2D eigenvalue weighted by Crippen LogP contribution is -2.34. The molecular weight excluding hydrogens is 412 g/mol. The van der Waals surface area contributed by atoms with E-state index in [2.05, 4.69) is 10.6 Å². The highest BCUT2D eigenvalue weighted by atomic mass is 35.5. The third kappa shape index (κ3) is 5.22. The van der Waals surface area contributed by atoms with E-state index < -0.39 is 11.8 Å². The molecule has 8 heteroatoms. The smallest absolute Gasteiger partial charge is 0.313 e. The van der Waals surface area contributed by atoms with Crippen molar-refractivity contribution in [1.29, 1.82) is 0 Å². The monoisotopic (exact) mass is 428 g/mol. The lowest BCUT2D eigenvalue weighted by atomic mass is 10.1. The van der Waals surface area contributed by atoms with Crippen LogP contribution in [0, 0.1) is 0 Å². The molecule has 0 saturated heterocycles. The van der Waals surface area contributed by atoms with Crippen LogP contribution in [0.25, 0.3) is 0 Å². The maximum absolute atomic E-state index is 12.4. The molecule has 3 aromatic rings. The Kier molecular flexibility index (Phi) is 6.64. The average Bonchev–Trinajstić information content (AvgIpc) is 3.21. The third-order valence-corrected chi connectivity index (χ3v) is 5.28. The molecule has 1 aromatic heterocycles. The van der Waals surface area contributed by atoms with E-state index in [0.29, 0.717) is 26.9 Å². The number of carbonyl (C=O) groups excluding carboxylic acids is 3. The molecule has 148 valence electrons. The quantitative estimate of drug-likeness (QED) is 0.460. The molecule has 0 aliphatic carbocycles. The highest BCUT2D eigenvalue weighted by Crippen LogP contribution is 2.27. The molecule has 0 spiro atoms. The van der Waals surface area contributed by atoms with Crippen LogP contribution < -0.4 is 15.4 Å². The number of methoxy groups -OCH3 is 1. The van der Waals surface area contributed by atoms with Crippen molar-refractivity contribution < 1.29 is 19.1 Å². The Hall–Kier alpha value is -3.16. The number of thiophene rings is 1. The first-order valence-corrected chi connectivity index (χ1v) is 9.78.